The van der Waals surface area contributed by atoms with Crippen molar-refractivity contribution in [3.8, 4) is 11.3 Å². The zero-order valence-electron chi connectivity index (χ0n) is 11.4. The third-order valence-electron chi connectivity index (χ3n) is 2.72. The summed E-state index contributed by atoms with van der Waals surface area (Å²) in [6, 6.07) is 6.82. The predicted molar refractivity (Wildman–Crippen MR) is 73.4 cm³/mol. The minimum Gasteiger partial charge on any atom is -0.439 e. The molecule has 2 aromatic rings. The Kier molecular flexibility index (Phi) is 3.82. The van der Waals surface area contributed by atoms with E-state index in [-0.39, 0.29) is 0 Å². The Morgan fingerprint density at radius 3 is 2.44 bits per heavy atom. The Morgan fingerprint density at radius 1 is 1.17 bits per heavy atom. The summed E-state index contributed by atoms with van der Waals surface area (Å²) in [6.07, 6.45) is 1.80. The number of hydrogen-bond acceptors (Lipinski definition) is 3. The van der Waals surface area contributed by atoms with E-state index >= 15 is 0 Å². The van der Waals surface area contributed by atoms with Gasteiger partial charge in [0.05, 0.1) is 12.7 Å². The molecule has 0 aliphatic heterocycles. The Hall–Kier alpha value is -1.61. The van der Waals surface area contributed by atoms with Crippen molar-refractivity contribution in [2.45, 2.75) is 40.3 Å². The summed E-state index contributed by atoms with van der Waals surface area (Å²) in [6.45, 7) is 9.06. The molecule has 0 fully saturated rings. The van der Waals surface area contributed by atoms with Gasteiger partial charge in [-0.1, -0.05) is 31.0 Å². The van der Waals surface area contributed by atoms with Crippen LogP contribution in [-0.4, -0.2) is 11.0 Å². The van der Waals surface area contributed by atoms with E-state index in [1.54, 1.807) is 6.20 Å². The van der Waals surface area contributed by atoms with Crippen molar-refractivity contribution in [2.75, 3.05) is 0 Å². The lowest BCUT2D eigenvalue weighted by molar-refractivity contribution is 0.459. The molecule has 0 atom stereocenters. The highest BCUT2D eigenvalue weighted by Crippen LogP contribution is 2.23. The van der Waals surface area contributed by atoms with Gasteiger partial charge >= 0.3 is 0 Å². The van der Waals surface area contributed by atoms with Crippen LogP contribution in [0.4, 0.5) is 0 Å². The van der Waals surface area contributed by atoms with Gasteiger partial charge in [-0.3, -0.25) is 0 Å². The van der Waals surface area contributed by atoms with Crippen molar-refractivity contribution in [1.82, 2.24) is 10.3 Å². The number of aromatic nitrogens is 1. The molecular weight excluding hydrogens is 224 g/mol. The summed E-state index contributed by atoms with van der Waals surface area (Å²) in [5.74, 6) is 1.57. The first-order valence-corrected chi connectivity index (χ1v) is 6.31. The average Bonchev–Trinajstić information content (AvgIpc) is 2.73. The molecule has 0 unspecified atom stereocenters. The van der Waals surface area contributed by atoms with Gasteiger partial charge in [0.25, 0.3) is 0 Å². The smallest absolute Gasteiger partial charge is 0.208 e. The van der Waals surface area contributed by atoms with Crippen molar-refractivity contribution in [3.63, 3.8) is 0 Å². The van der Waals surface area contributed by atoms with Crippen molar-refractivity contribution >= 4 is 0 Å². The third kappa shape index (κ3) is 3.20. The number of aryl methyl sites for hydroxylation is 2. The third-order valence-corrected chi connectivity index (χ3v) is 2.72. The molecule has 1 heterocycles. The Balaban J connectivity index is 2.18. The van der Waals surface area contributed by atoms with Crippen LogP contribution >= 0.6 is 0 Å². The molecule has 1 aromatic carbocycles. The maximum absolute atomic E-state index is 5.76. The van der Waals surface area contributed by atoms with Gasteiger partial charge in [-0.2, -0.15) is 0 Å². The van der Waals surface area contributed by atoms with Gasteiger partial charge in [-0.15, -0.1) is 0 Å². The van der Waals surface area contributed by atoms with E-state index in [1.807, 2.05) is 0 Å². The van der Waals surface area contributed by atoms with E-state index < -0.39 is 0 Å². The van der Waals surface area contributed by atoms with Crippen LogP contribution in [0.3, 0.4) is 0 Å². The summed E-state index contributed by atoms with van der Waals surface area (Å²) in [5.41, 5.74) is 3.57. The second kappa shape index (κ2) is 5.36. The fourth-order valence-electron chi connectivity index (χ4n) is 1.93. The lowest BCUT2D eigenvalue weighted by atomic mass is 10.1. The van der Waals surface area contributed by atoms with Crippen molar-refractivity contribution in [1.29, 1.82) is 0 Å². The first kappa shape index (κ1) is 12.8. The summed E-state index contributed by atoms with van der Waals surface area (Å²) in [7, 11) is 0. The largest absolute Gasteiger partial charge is 0.439 e. The zero-order valence-corrected chi connectivity index (χ0v) is 11.4. The SMILES string of the molecule is Cc1cc(C)cc(-c2cnc(CNC(C)C)o2)c1. The molecule has 0 radical (unpaired) electrons. The lowest BCUT2D eigenvalue weighted by Crippen LogP contribution is -2.21. The maximum Gasteiger partial charge on any atom is 0.208 e. The quantitative estimate of drug-likeness (QED) is 0.895. The number of nitrogens with one attached hydrogen (secondary N) is 1. The number of nitrogens with zero attached hydrogens (tertiary/aromatic N) is 1. The fourth-order valence-corrected chi connectivity index (χ4v) is 1.93. The van der Waals surface area contributed by atoms with Gasteiger partial charge in [-0.25, -0.2) is 4.98 Å². The standard InChI is InChI=1S/C15H20N2O/c1-10(2)16-9-15-17-8-14(18-15)13-6-11(3)5-12(4)7-13/h5-8,10,16H,9H2,1-4H3. The van der Waals surface area contributed by atoms with Crippen molar-refractivity contribution in [2.24, 2.45) is 0 Å². The topological polar surface area (TPSA) is 38.1 Å². The van der Waals surface area contributed by atoms with Crippen LogP contribution in [0.5, 0.6) is 0 Å². The summed E-state index contributed by atoms with van der Waals surface area (Å²) >= 11 is 0. The lowest BCUT2D eigenvalue weighted by Gasteiger charge is -2.04. The van der Waals surface area contributed by atoms with E-state index in [9.17, 15) is 0 Å². The van der Waals surface area contributed by atoms with Crippen molar-refractivity contribution < 1.29 is 4.42 Å². The van der Waals surface area contributed by atoms with E-state index in [2.05, 4.69) is 56.2 Å². The van der Waals surface area contributed by atoms with Crippen molar-refractivity contribution in [3.05, 3.63) is 41.4 Å². The molecule has 0 saturated heterocycles. The number of oxazole rings is 1. The molecule has 0 spiro atoms. The number of rotatable bonds is 4. The van der Waals surface area contributed by atoms with Crippen LogP contribution in [0.25, 0.3) is 11.3 Å². The maximum atomic E-state index is 5.76. The van der Waals surface area contributed by atoms with Gasteiger partial charge < -0.3 is 9.73 Å². The predicted octanol–water partition coefficient (Wildman–Crippen LogP) is 3.46. The molecule has 0 aliphatic rings. The monoisotopic (exact) mass is 244 g/mol. The molecule has 0 amide bonds. The molecule has 0 aliphatic carbocycles. The molecular formula is C15H20N2O. The first-order valence-electron chi connectivity index (χ1n) is 6.31. The summed E-state index contributed by atoms with van der Waals surface area (Å²) < 4.78 is 5.76. The highest BCUT2D eigenvalue weighted by Gasteiger charge is 2.07. The number of benzene rings is 1. The van der Waals surface area contributed by atoms with Gasteiger partial charge in [0.2, 0.25) is 5.89 Å². The fraction of sp³-hybridized carbons (Fsp3) is 0.400. The number of hydrogen-bond donors (Lipinski definition) is 1. The van der Waals surface area contributed by atoms with Gasteiger partial charge in [0.15, 0.2) is 5.76 Å². The molecule has 96 valence electrons. The van der Waals surface area contributed by atoms with E-state index in [0.717, 1.165) is 17.2 Å². The minimum atomic E-state index is 0.432. The minimum absolute atomic E-state index is 0.432. The Labute approximate surface area is 108 Å². The average molecular weight is 244 g/mol. The van der Waals surface area contributed by atoms with Gasteiger partial charge in [0.1, 0.15) is 0 Å². The Bertz CT molecular complexity index is 509. The van der Waals surface area contributed by atoms with Crippen LogP contribution in [0.15, 0.2) is 28.8 Å². The zero-order chi connectivity index (χ0) is 13.1. The second-order valence-electron chi connectivity index (χ2n) is 5.03. The first-order chi connectivity index (χ1) is 8.54. The van der Waals surface area contributed by atoms with E-state index in [1.165, 1.54) is 11.1 Å². The molecule has 1 aromatic heterocycles. The summed E-state index contributed by atoms with van der Waals surface area (Å²) in [4.78, 5) is 4.29. The van der Waals surface area contributed by atoms with Crippen LogP contribution in [0.2, 0.25) is 0 Å². The van der Waals surface area contributed by atoms with Crippen LogP contribution in [0.1, 0.15) is 30.9 Å². The normalized spacial score (nSPS) is 11.2. The molecule has 0 saturated carbocycles. The van der Waals surface area contributed by atoms with Gasteiger partial charge in [-0.05, 0) is 26.0 Å². The molecule has 18 heavy (non-hydrogen) atoms. The molecule has 3 heteroatoms. The van der Waals surface area contributed by atoms with E-state index in [4.69, 9.17) is 4.42 Å². The molecule has 3 nitrogen and oxygen atoms in total. The molecule has 2 rings (SSSR count). The van der Waals surface area contributed by atoms with Gasteiger partial charge in [0, 0.05) is 11.6 Å². The van der Waals surface area contributed by atoms with Crippen LogP contribution in [-0.2, 0) is 6.54 Å². The molecule has 1 N–H and O–H groups in total. The summed E-state index contributed by atoms with van der Waals surface area (Å²) in [5, 5.41) is 3.29. The van der Waals surface area contributed by atoms with E-state index in [0.29, 0.717) is 12.6 Å². The van der Waals surface area contributed by atoms with Crippen LogP contribution < -0.4 is 5.32 Å². The molecule has 0 bridgehead atoms. The Morgan fingerprint density at radius 2 is 1.83 bits per heavy atom. The second-order valence-corrected chi connectivity index (χ2v) is 5.03. The highest BCUT2D eigenvalue weighted by atomic mass is 16.4. The van der Waals surface area contributed by atoms with Crippen LogP contribution in [0, 0.1) is 13.8 Å². The highest BCUT2D eigenvalue weighted by molar-refractivity contribution is 5.58.